The number of carbonyl (C=O) groups excluding carboxylic acids is 1. The highest BCUT2D eigenvalue weighted by Gasteiger charge is 2.18. The van der Waals surface area contributed by atoms with Crippen molar-refractivity contribution < 1.29 is 13.9 Å². The summed E-state index contributed by atoms with van der Waals surface area (Å²) >= 11 is 1.35. The highest BCUT2D eigenvalue weighted by molar-refractivity contribution is 7.17. The number of nitrogens with zero attached hydrogens (tertiary/aromatic N) is 2. The Bertz CT molecular complexity index is 1310. The van der Waals surface area contributed by atoms with Crippen molar-refractivity contribution in [1.82, 2.24) is 9.55 Å². The largest absolute Gasteiger partial charge is 0.493 e. The predicted octanol–water partition coefficient (Wildman–Crippen LogP) is 4.08. The Morgan fingerprint density at radius 2 is 2.03 bits per heavy atom. The SMILES string of the molecule is O=C(Cn1cnc2scc(-c3ccc(F)cc3)c2c1=O)c1ccc2c(c1)CCO2. The monoisotopic (exact) mass is 406 g/mol. The van der Waals surface area contributed by atoms with Crippen LogP contribution in [0, 0.1) is 5.82 Å². The lowest BCUT2D eigenvalue weighted by Crippen LogP contribution is -2.24. The lowest BCUT2D eigenvalue weighted by Gasteiger charge is -2.07. The van der Waals surface area contributed by atoms with Crippen molar-refractivity contribution in [2.24, 2.45) is 0 Å². The molecule has 4 aromatic rings. The third kappa shape index (κ3) is 3.13. The van der Waals surface area contributed by atoms with Gasteiger partial charge >= 0.3 is 0 Å². The highest BCUT2D eigenvalue weighted by Crippen LogP contribution is 2.31. The van der Waals surface area contributed by atoms with Crippen molar-refractivity contribution in [2.45, 2.75) is 13.0 Å². The zero-order chi connectivity index (χ0) is 20.0. The Labute approximate surface area is 169 Å². The molecule has 1 aliphatic heterocycles. The Morgan fingerprint density at radius 3 is 2.86 bits per heavy atom. The van der Waals surface area contributed by atoms with Crippen molar-refractivity contribution in [3.05, 3.63) is 81.5 Å². The maximum absolute atomic E-state index is 13.3. The molecule has 2 aromatic heterocycles. The van der Waals surface area contributed by atoms with Crippen LogP contribution < -0.4 is 10.3 Å². The van der Waals surface area contributed by atoms with Crippen molar-refractivity contribution in [3.63, 3.8) is 0 Å². The molecule has 7 heteroatoms. The average molecular weight is 406 g/mol. The maximum atomic E-state index is 13.3. The number of benzene rings is 2. The van der Waals surface area contributed by atoms with Crippen molar-refractivity contribution in [2.75, 3.05) is 6.61 Å². The predicted molar refractivity (Wildman–Crippen MR) is 109 cm³/mol. The van der Waals surface area contributed by atoms with Gasteiger partial charge in [-0.15, -0.1) is 11.3 Å². The van der Waals surface area contributed by atoms with Crippen molar-refractivity contribution in [3.8, 4) is 16.9 Å². The first-order valence-electron chi connectivity index (χ1n) is 9.11. The Hall–Kier alpha value is -3.32. The molecule has 0 aliphatic carbocycles. The summed E-state index contributed by atoms with van der Waals surface area (Å²) < 4.78 is 20.1. The fourth-order valence-corrected chi connectivity index (χ4v) is 4.43. The molecule has 144 valence electrons. The molecule has 0 N–H and O–H groups in total. The van der Waals surface area contributed by atoms with Crippen LogP contribution in [0.1, 0.15) is 15.9 Å². The number of ketones is 1. The van der Waals surface area contributed by atoms with Gasteiger partial charge in [-0.3, -0.25) is 14.2 Å². The second kappa shape index (κ2) is 6.93. The third-order valence-corrected chi connectivity index (χ3v) is 5.93. The summed E-state index contributed by atoms with van der Waals surface area (Å²) in [6, 6.07) is 11.3. The van der Waals surface area contributed by atoms with Crippen LogP contribution in [0.15, 0.2) is 59.0 Å². The summed E-state index contributed by atoms with van der Waals surface area (Å²) in [5, 5.41) is 2.28. The summed E-state index contributed by atoms with van der Waals surface area (Å²) in [4.78, 5) is 30.8. The molecule has 5 nitrogen and oxygen atoms in total. The lowest BCUT2D eigenvalue weighted by molar-refractivity contribution is 0.0970. The molecule has 0 amide bonds. The number of Topliss-reactive ketones (excluding diaryl/α,β-unsaturated/α-hetero) is 1. The zero-order valence-corrected chi connectivity index (χ0v) is 16.0. The van der Waals surface area contributed by atoms with Crippen LogP contribution in [0.5, 0.6) is 5.75 Å². The molecule has 3 heterocycles. The molecule has 2 aromatic carbocycles. The first kappa shape index (κ1) is 17.8. The molecule has 0 atom stereocenters. The Balaban J connectivity index is 1.51. The van der Waals surface area contributed by atoms with Crippen LogP contribution in [-0.4, -0.2) is 21.9 Å². The molecule has 1 aliphatic rings. The number of aromatic nitrogens is 2. The number of thiophene rings is 1. The van der Waals surface area contributed by atoms with E-state index in [-0.39, 0.29) is 23.7 Å². The first-order chi connectivity index (χ1) is 14.1. The smallest absolute Gasteiger partial charge is 0.263 e. The standard InChI is InChI=1S/C22H15FN2O3S/c23-16-4-1-13(2-5-16)17-11-29-21-20(17)22(27)25(12-24-21)10-18(26)14-3-6-19-15(9-14)7-8-28-19/h1-6,9,11-12H,7-8,10H2. The van der Waals surface area contributed by atoms with Gasteiger partial charge in [-0.05, 0) is 41.5 Å². The fourth-order valence-electron chi connectivity index (χ4n) is 3.53. The summed E-state index contributed by atoms with van der Waals surface area (Å²) in [5.41, 5.74) is 2.70. The molecule has 0 bridgehead atoms. The summed E-state index contributed by atoms with van der Waals surface area (Å²) in [7, 11) is 0. The van der Waals surface area contributed by atoms with Gasteiger partial charge in [0.1, 0.15) is 16.4 Å². The van der Waals surface area contributed by atoms with E-state index in [1.54, 1.807) is 24.3 Å². The van der Waals surface area contributed by atoms with Gasteiger partial charge in [0.05, 0.1) is 24.9 Å². The number of carbonyl (C=O) groups is 1. The Kier molecular flexibility index (Phi) is 4.24. The third-order valence-electron chi connectivity index (χ3n) is 5.04. The van der Waals surface area contributed by atoms with Crippen LogP contribution in [0.25, 0.3) is 21.3 Å². The van der Waals surface area contributed by atoms with Crippen LogP contribution in [-0.2, 0) is 13.0 Å². The molecule has 0 fully saturated rings. The van der Waals surface area contributed by atoms with Crippen molar-refractivity contribution in [1.29, 1.82) is 0 Å². The normalized spacial score (nSPS) is 12.7. The van der Waals surface area contributed by atoms with Gasteiger partial charge < -0.3 is 4.74 Å². The topological polar surface area (TPSA) is 61.2 Å². The fraction of sp³-hybridized carbons (Fsp3) is 0.136. The molecule has 29 heavy (non-hydrogen) atoms. The number of rotatable bonds is 4. The van der Waals surface area contributed by atoms with Gasteiger partial charge in [-0.1, -0.05) is 12.1 Å². The summed E-state index contributed by atoms with van der Waals surface area (Å²) in [6.45, 7) is 0.525. The second-order valence-corrected chi connectivity index (χ2v) is 7.72. The zero-order valence-electron chi connectivity index (χ0n) is 15.2. The van der Waals surface area contributed by atoms with Gasteiger partial charge in [-0.2, -0.15) is 0 Å². The van der Waals surface area contributed by atoms with Gasteiger partial charge in [0, 0.05) is 22.9 Å². The second-order valence-electron chi connectivity index (χ2n) is 6.86. The van der Waals surface area contributed by atoms with E-state index in [4.69, 9.17) is 4.74 Å². The molecular weight excluding hydrogens is 391 g/mol. The minimum Gasteiger partial charge on any atom is -0.493 e. The summed E-state index contributed by atoms with van der Waals surface area (Å²) in [5.74, 6) is 0.305. The molecule has 0 radical (unpaired) electrons. The van der Waals surface area contributed by atoms with Gasteiger partial charge in [-0.25, -0.2) is 9.37 Å². The van der Waals surface area contributed by atoms with Crippen LogP contribution in [0.4, 0.5) is 4.39 Å². The Morgan fingerprint density at radius 1 is 1.21 bits per heavy atom. The number of halogens is 1. The minimum atomic E-state index is -0.339. The first-order valence-corrected chi connectivity index (χ1v) is 9.99. The van der Waals surface area contributed by atoms with E-state index < -0.39 is 0 Å². The molecule has 0 unspecified atom stereocenters. The average Bonchev–Trinajstić information content (AvgIpc) is 3.37. The van der Waals surface area contributed by atoms with Crippen LogP contribution >= 0.6 is 11.3 Å². The number of ether oxygens (including phenoxy) is 1. The quantitative estimate of drug-likeness (QED) is 0.479. The molecule has 0 saturated carbocycles. The number of hydrogen-bond acceptors (Lipinski definition) is 5. The minimum absolute atomic E-state index is 0.0971. The van der Waals surface area contributed by atoms with Gasteiger partial charge in [0.2, 0.25) is 0 Å². The van der Waals surface area contributed by atoms with E-state index in [0.717, 1.165) is 23.3 Å². The molecular formula is C22H15FN2O3S. The van der Waals surface area contributed by atoms with E-state index in [1.165, 1.54) is 34.4 Å². The van der Waals surface area contributed by atoms with E-state index >= 15 is 0 Å². The van der Waals surface area contributed by atoms with Crippen molar-refractivity contribution >= 4 is 27.3 Å². The van der Waals surface area contributed by atoms with E-state index in [0.29, 0.717) is 28.0 Å². The van der Waals surface area contributed by atoms with E-state index in [9.17, 15) is 14.0 Å². The highest BCUT2D eigenvalue weighted by atomic mass is 32.1. The number of fused-ring (bicyclic) bond motifs is 2. The number of hydrogen-bond donors (Lipinski definition) is 0. The van der Waals surface area contributed by atoms with Crippen LogP contribution in [0.3, 0.4) is 0 Å². The summed E-state index contributed by atoms with van der Waals surface area (Å²) in [6.07, 6.45) is 2.18. The molecule has 0 spiro atoms. The molecule has 0 saturated heterocycles. The maximum Gasteiger partial charge on any atom is 0.263 e. The van der Waals surface area contributed by atoms with E-state index in [1.807, 2.05) is 11.4 Å². The molecule has 5 rings (SSSR count). The lowest BCUT2D eigenvalue weighted by atomic mass is 10.1. The van der Waals surface area contributed by atoms with Gasteiger partial charge in [0.25, 0.3) is 5.56 Å². The van der Waals surface area contributed by atoms with E-state index in [2.05, 4.69) is 4.98 Å². The van der Waals surface area contributed by atoms with Crippen LogP contribution in [0.2, 0.25) is 0 Å². The van der Waals surface area contributed by atoms with Gasteiger partial charge in [0.15, 0.2) is 5.78 Å².